The lowest BCUT2D eigenvalue weighted by molar-refractivity contribution is -0.118. The molecule has 26 heavy (non-hydrogen) atoms. The molecule has 0 spiro atoms. The minimum atomic E-state index is -0.179. The van der Waals surface area contributed by atoms with Gasteiger partial charge in [-0.25, -0.2) is 9.50 Å². The second kappa shape index (κ2) is 7.68. The number of aromatic nitrogens is 3. The lowest BCUT2D eigenvalue weighted by Crippen LogP contribution is -2.24. The van der Waals surface area contributed by atoms with E-state index in [1.54, 1.807) is 0 Å². The summed E-state index contributed by atoms with van der Waals surface area (Å²) in [5.41, 5.74) is 4.37. The van der Waals surface area contributed by atoms with E-state index in [0.717, 1.165) is 36.1 Å². The van der Waals surface area contributed by atoms with E-state index in [-0.39, 0.29) is 17.8 Å². The molecule has 3 rings (SSSR count). The molecule has 0 saturated carbocycles. The molecule has 0 aliphatic heterocycles. The summed E-state index contributed by atoms with van der Waals surface area (Å²) in [5, 5.41) is 3.12. The SMILES string of the molecule is CCCCCC(=O)Cc1c(C)nc2c(-c3ccccc3)c(C)[nH]n2c1=O. The van der Waals surface area contributed by atoms with Crippen molar-refractivity contribution in [2.45, 2.75) is 52.9 Å². The summed E-state index contributed by atoms with van der Waals surface area (Å²) >= 11 is 0. The number of benzene rings is 1. The van der Waals surface area contributed by atoms with Crippen molar-refractivity contribution < 1.29 is 4.79 Å². The fourth-order valence-electron chi connectivity index (χ4n) is 3.34. The molecule has 0 saturated heterocycles. The van der Waals surface area contributed by atoms with Gasteiger partial charge >= 0.3 is 0 Å². The summed E-state index contributed by atoms with van der Waals surface area (Å²) in [6.07, 6.45) is 3.67. The molecule has 0 unspecified atom stereocenters. The number of hydrogen-bond donors (Lipinski definition) is 1. The van der Waals surface area contributed by atoms with Gasteiger partial charge in [0.1, 0.15) is 5.78 Å². The van der Waals surface area contributed by atoms with E-state index in [0.29, 0.717) is 23.3 Å². The molecule has 0 radical (unpaired) electrons. The van der Waals surface area contributed by atoms with Gasteiger partial charge in [-0.1, -0.05) is 50.1 Å². The van der Waals surface area contributed by atoms with Crippen LogP contribution >= 0.6 is 0 Å². The van der Waals surface area contributed by atoms with Crippen molar-refractivity contribution in [3.63, 3.8) is 0 Å². The van der Waals surface area contributed by atoms with Gasteiger partial charge in [0, 0.05) is 35.4 Å². The molecule has 0 aliphatic carbocycles. The van der Waals surface area contributed by atoms with Gasteiger partial charge in [0.05, 0.1) is 0 Å². The highest BCUT2D eigenvalue weighted by atomic mass is 16.1. The van der Waals surface area contributed by atoms with Crippen molar-refractivity contribution >= 4 is 11.4 Å². The van der Waals surface area contributed by atoms with Gasteiger partial charge in [0.25, 0.3) is 5.56 Å². The molecule has 0 bridgehead atoms. The molecule has 1 N–H and O–H groups in total. The van der Waals surface area contributed by atoms with E-state index in [1.165, 1.54) is 4.52 Å². The zero-order chi connectivity index (χ0) is 18.7. The molecule has 3 aromatic rings. The molecule has 0 amide bonds. The van der Waals surface area contributed by atoms with E-state index < -0.39 is 0 Å². The molecule has 2 heterocycles. The Morgan fingerprint density at radius 3 is 2.58 bits per heavy atom. The highest BCUT2D eigenvalue weighted by Gasteiger charge is 2.18. The van der Waals surface area contributed by atoms with Gasteiger partial charge in [-0.2, -0.15) is 0 Å². The van der Waals surface area contributed by atoms with Crippen molar-refractivity contribution in [1.29, 1.82) is 0 Å². The number of H-pyrrole nitrogens is 1. The monoisotopic (exact) mass is 351 g/mol. The summed E-state index contributed by atoms with van der Waals surface area (Å²) in [4.78, 5) is 29.8. The number of nitrogens with one attached hydrogen (secondary N) is 1. The van der Waals surface area contributed by atoms with Crippen LogP contribution in [0.5, 0.6) is 0 Å². The van der Waals surface area contributed by atoms with Crippen LogP contribution in [0.3, 0.4) is 0 Å². The van der Waals surface area contributed by atoms with Crippen LogP contribution in [0.15, 0.2) is 35.1 Å². The van der Waals surface area contributed by atoms with Crippen molar-refractivity contribution in [3.8, 4) is 11.1 Å². The molecule has 1 aromatic carbocycles. The Balaban J connectivity index is 2.02. The first-order valence-electron chi connectivity index (χ1n) is 9.20. The summed E-state index contributed by atoms with van der Waals surface area (Å²) in [5.74, 6) is 0.104. The summed E-state index contributed by atoms with van der Waals surface area (Å²) < 4.78 is 1.47. The van der Waals surface area contributed by atoms with Crippen molar-refractivity contribution in [2.75, 3.05) is 0 Å². The van der Waals surface area contributed by atoms with E-state index in [1.807, 2.05) is 44.2 Å². The Kier molecular flexibility index (Phi) is 5.35. The first-order valence-corrected chi connectivity index (χ1v) is 9.20. The highest BCUT2D eigenvalue weighted by molar-refractivity contribution is 5.82. The van der Waals surface area contributed by atoms with Crippen LogP contribution in [0, 0.1) is 13.8 Å². The molecule has 136 valence electrons. The second-order valence-corrected chi connectivity index (χ2v) is 6.79. The van der Waals surface area contributed by atoms with E-state index in [2.05, 4.69) is 17.0 Å². The number of aryl methyl sites for hydroxylation is 2. The van der Waals surface area contributed by atoms with Gasteiger partial charge < -0.3 is 0 Å². The fourth-order valence-corrected chi connectivity index (χ4v) is 3.34. The van der Waals surface area contributed by atoms with Crippen molar-refractivity contribution in [2.24, 2.45) is 0 Å². The Morgan fingerprint density at radius 2 is 1.88 bits per heavy atom. The van der Waals surface area contributed by atoms with Crippen LogP contribution in [-0.4, -0.2) is 20.4 Å². The van der Waals surface area contributed by atoms with Crippen LogP contribution in [0.4, 0.5) is 0 Å². The maximum atomic E-state index is 13.0. The van der Waals surface area contributed by atoms with Crippen molar-refractivity contribution in [1.82, 2.24) is 14.6 Å². The van der Waals surface area contributed by atoms with E-state index in [9.17, 15) is 9.59 Å². The molecular formula is C21H25N3O2. The number of carbonyl (C=O) groups excluding carboxylic acids is 1. The normalized spacial score (nSPS) is 11.2. The van der Waals surface area contributed by atoms with Crippen LogP contribution in [-0.2, 0) is 11.2 Å². The molecule has 0 atom stereocenters. The minimum absolute atomic E-state index is 0.104. The van der Waals surface area contributed by atoms with E-state index >= 15 is 0 Å². The van der Waals surface area contributed by atoms with Crippen LogP contribution < -0.4 is 5.56 Å². The Labute approximate surface area is 153 Å². The van der Waals surface area contributed by atoms with Gasteiger partial charge in [0.2, 0.25) is 0 Å². The predicted octanol–water partition coefficient (Wildman–Crippen LogP) is 4.00. The Bertz CT molecular complexity index is 984. The molecule has 0 fully saturated rings. The maximum absolute atomic E-state index is 13.0. The summed E-state index contributed by atoms with van der Waals surface area (Å²) in [6, 6.07) is 9.89. The fraction of sp³-hybridized carbons (Fsp3) is 0.381. The molecule has 5 nitrogen and oxygen atoms in total. The number of nitrogens with zero attached hydrogens (tertiary/aromatic N) is 2. The first kappa shape index (κ1) is 18.1. The second-order valence-electron chi connectivity index (χ2n) is 6.79. The average molecular weight is 351 g/mol. The van der Waals surface area contributed by atoms with Gasteiger partial charge in [-0.3, -0.25) is 14.7 Å². The maximum Gasteiger partial charge on any atom is 0.276 e. The number of carbonyl (C=O) groups is 1. The third-order valence-electron chi connectivity index (χ3n) is 4.76. The number of rotatable bonds is 7. The number of ketones is 1. The van der Waals surface area contributed by atoms with Crippen LogP contribution in [0.1, 0.15) is 49.6 Å². The van der Waals surface area contributed by atoms with Gasteiger partial charge in [-0.05, 0) is 25.8 Å². The molecule has 0 aliphatic rings. The lowest BCUT2D eigenvalue weighted by Gasteiger charge is -2.06. The van der Waals surface area contributed by atoms with Crippen molar-refractivity contribution in [3.05, 3.63) is 57.6 Å². The zero-order valence-corrected chi connectivity index (χ0v) is 15.6. The van der Waals surface area contributed by atoms with E-state index in [4.69, 9.17) is 0 Å². The minimum Gasteiger partial charge on any atom is -0.299 e. The number of aromatic amines is 1. The summed E-state index contributed by atoms with van der Waals surface area (Å²) in [7, 11) is 0. The zero-order valence-electron chi connectivity index (χ0n) is 15.6. The number of hydrogen-bond acceptors (Lipinski definition) is 3. The van der Waals surface area contributed by atoms with Gasteiger partial charge in [0.15, 0.2) is 5.65 Å². The Hall–Kier alpha value is -2.69. The predicted molar refractivity (Wildman–Crippen MR) is 104 cm³/mol. The molecule has 2 aromatic heterocycles. The lowest BCUT2D eigenvalue weighted by atomic mass is 10.0. The van der Waals surface area contributed by atoms with Gasteiger partial charge in [-0.15, -0.1) is 0 Å². The number of Topliss-reactive ketones (excluding diaryl/α,β-unsaturated/α-hetero) is 1. The number of fused-ring (bicyclic) bond motifs is 1. The number of unbranched alkanes of at least 4 members (excludes halogenated alkanes) is 2. The average Bonchev–Trinajstić information content (AvgIpc) is 2.96. The third-order valence-corrected chi connectivity index (χ3v) is 4.76. The molecule has 5 heteroatoms. The third kappa shape index (κ3) is 3.47. The first-order chi connectivity index (χ1) is 12.5. The summed E-state index contributed by atoms with van der Waals surface area (Å²) in [6.45, 7) is 5.85. The van der Waals surface area contributed by atoms with Crippen LogP contribution in [0.25, 0.3) is 16.8 Å². The smallest absolute Gasteiger partial charge is 0.276 e. The quantitative estimate of drug-likeness (QED) is 0.654. The molecular weight excluding hydrogens is 326 g/mol. The Morgan fingerprint density at radius 1 is 1.15 bits per heavy atom. The van der Waals surface area contributed by atoms with Crippen LogP contribution in [0.2, 0.25) is 0 Å². The standard InChI is InChI=1S/C21H25N3O2/c1-4-5-7-12-17(25)13-18-14(2)22-20-19(16-10-8-6-9-11-16)15(3)23-24(20)21(18)26/h6,8-11,23H,4-5,7,12-13H2,1-3H3. The highest BCUT2D eigenvalue weighted by Crippen LogP contribution is 2.26. The topological polar surface area (TPSA) is 67.2 Å². The largest absolute Gasteiger partial charge is 0.299 e.